The molecule has 1 heterocycles. The van der Waals surface area contributed by atoms with Crippen molar-refractivity contribution in [1.29, 1.82) is 0 Å². The van der Waals surface area contributed by atoms with E-state index in [1.807, 2.05) is 13.2 Å². The summed E-state index contributed by atoms with van der Waals surface area (Å²) in [6, 6.07) is 11.1. The fourth-order valence-corrected chi connectivity index (χ4v) is 2.74. The zero-order chi connectivity index (χ0) is 13.8. The van der Waals surface area contributed by atoms with E-state index in [4.69, 9.17) is 0 Å². The molecule has 2 rings (SSSR count). The number of aryl methyl sites for hydroxylation is 2. The summed E-state index contributed by atoms with van der Waals surface area (Å²) in [5.41, 5.74) is 3.92. The maximum absolute atomic E-state index is 4.44. The fraction of sp³-hybridized carbons (Fsp3) is 0.312. The quantitative estimate of drug-likeness (QED) is 0.906. The molecule has 1 atom stereocenters. The zero-order valence-corrected chi connectivity index (χ0v) is 12.7. The van der Waals surface area contributed by atoms with Crippen LogP contribution in [0.5, 0.6) is 0 Å². The molecule has 1 unspecified atom stereocenters. The molecule has 0 radical (unpaired) electrons. The Hall–Kier alpha value is -1.32. The highest BCUT2D eigenvalue weighted by Gasteiger charge is 2.05. The molecule has 0 saturated carbocycles. The van der Waals surface area contributed by atoms with E-state index >= 15 is 0 Å². The predicted molar refractivity (Wildman–Crippen MR) is 81.8 cm³/mol. The van der Waals surface area contributed by atoms with Gasteiger partial charge in [0, 0.05) is 17.1 Å². The van der Waals surface area contributed by atoms with Crippen molar-refractivity contribution >= 4 is 11.8 Å². The maximum atomic E-state index is 4.44. The Balaban J connectivity index is 2.20. The Morgan fingerprint density at radius 2 is 1.89 bits per heavy atom. The fourth-order valence-electron chi connectivity index (χ4n) is 1.81. The first-order valence-electron chi connectivity index (χ1n) is 6.48. The molecule has 2 aromatic rings. The van der Waals surface area contributed by atoms with Crippen LogP contribution in [0.2, 0.25) is 0 Å². The molecule has 2 nitrogen and oxygen atoms in total. The largest absolute Gasteiger partial charge is 0.313 e. The molecule has 19 heavy (non-hydrogen) atoms. The van der Waals surface area contributed by atoms with Gasteiger partial charge in [0.1, 0.15) is 5.03 Å². The summed E-state index contributed by atoms with van der Waals surface area (Å²) in [7, 11) is 1.97. The number of nitrogens with zero attached hydrogens (tertiary/aromatic N) is 1. The van der Waals surface area contributed by atoms with Crippen LogP contribution in [0.4, 0.5) is 0 Å². The molecule has 0 bridgehead atoms. The van der Waals surface area contributed by atoms with Gasteiger partial charge in [-0.25, -0.2) is 4.98 Å². The molecule has 100 valence electrons. The number of pyridine rings is 1. The van der Waals surface area contributed by atoms with E-state index in [-0.39, 0.29) is 0 Å². The van der Waals surface area contributed by atoms with E-state index < -0.39 is 0 Å². The number of hydrogen-bond donors (Lipinski definition) is 1. The van der Waals surface area contributed by atoms with Gasteiger partial charge in [-0.15, -0.1) is 0 Å². The highest BCUT2D eigenvalue weighted by atomic mass is 32.2. The topological polar surface area (TPSA) is 24.9 Å². The molecule has 1 N–H and O–H groups in total. The molecule has 0 aliphatic rings. The lowest BCUT2D eigenvalue weighted by atomic mass is 10.1. The number of rotatable bonds is 4. The predicted octanol–water partition coefficient (Wildman–Crippen LogP) is 4.13. The molecular weight excluding hydrogens is 252 g/mol. The molecule has 0 aliphatic carbocycles. The Bertz CT molecular complexity index is 566. The van der Waals surface area contributed by atoms with E-state index in [0.717, 1.165) is 5.03 Å². The summed E-state index contributed by atoms with van der Waals surface area (Å²) >= 11 is 1.71. The second kappa shape index (κ2) is 6.22. The van der Waals surface area contributed by atoms with Crippen molar-refractivity contribution in [2.45, 2.75) is 36.7 Å². The normalized spacial score (nSPS) is 12.4. The van der Waals surface area contributed by atoms with Crippen LogP contribution in [0.3, 0.4) is 0 Å². The molecule has 1 aromatic carbocycles. The highest BCUT2D eigenvalue weighted by molar-refractivity contribution is 7.99. The lowest BCUT2D eigenvalue weighted by Crippen LogP contribution is -2.12. The van der Waals surface area contributed by atoms with Gasteiger partial charge in [-0.05, 0) is 68.8 Å². The van der Waals surface area contributed by atoms with E-state index in [0.29, 0.717) is 6.04 Å². The Labute approximate surface area is 119 Å². The number of benzene rings is 1. The van der Waals surface area contributed by atoms with E-state index in [1.54, 1.807) is 11.8 Å². The van der Waals surface area contributed by atoms with Crippen molar-refractivity contribution in [2.75, 3.05) is 7.05 Å². The van der Waals surface area contributed by atoms with E-state index in [1.165, 1.54) is 21.6 Å². The van der Waals surface area contributed by atoms with Crippen LogP contribution in [-0.2, 0) is 0 Å². The Morgan fingerprint density at radius 1 is 1.11 bits per heavy atom. The van der Waals surface area contributed by atoms with E-state index in [9.17, 15) is 0 Å². The monoisotopic (exact) mass is 272 g/mol. The van der Waals surface area contributed by atoms with Crippen LogP contribution < -0.4 is 5.32 Å². The molecule has 3 heteroatoms. The minimum Gasteiger partial charge on any atom is -0.313 e. The van der Waals surface area contributed by atoms with Gasteiger partial charge in [0.15, 0.2) is 0 Å². The summed E-state index contributed by atoms with van der Waals surface area (Å²) in [4.78, 5) is 5.68. The van der Waals surface area contributed by atoms with Crippen molar-refractivity contribution < 1.29 is 0 Å². The van der Waals surface area contributed by atoms with Gasteiger partial charge in [-0.2, -0.15) is 0 Å². The van der Waals surface area contributed by atoms with Crippen LogP contribution in [-0.4, -0.2) is 12.0 Å². The minimum atomic E-state index is 0.349. The van der Waals surface area contributed by atoms with Crippen LogP contribution >= 0.6 is 11.8 Å². The van der Waals surface area contributed by atoms with Crippen molar-refractivity contribution in [2.24, 2.45) is 0 Å². The zero-order valence-electron chi connectivity index (χ0n) is 11.9. The van der Waals surface area contributed by atoms with Gasteiger partial charge >= 0.3 is 0 Å². The van der Waals surface area contributed by atoms with Gasteiger partial charge in [-0.1, -0.05) is 17.8 Å². The summed E-state index contributed by atoms with van der Waals surface area (Å²) < 4.78 is 0. The Morgan fingerprint density at radius 3 is 2.58 bits per heavy atom. The van der Waals surface area contributed by atoms with E-state index in [2.05, 4.69) is 61.4 Å². The van der Waals surface area contributed by atoms with Gasteiger partial charge in [0.05, 0.1) is 0 Å². The summed E-state index contributed by atoms with van der Waals surface area (Å²) in [5, 5.41) is 4.30. The number of nitrogens with one attached hydrogen (secondary N) is 1. The summed E-state index contributed by atoms with van der Waals surface area (Å²) in [5.74, 6) is 0. The third-order valence-electron chi connectivity index (χ3n) is 3.39. The van der Waals surface area contributed by atoms with Gasteiger partial charge in [0.2, 0.25) is 0 Å². The molecule has 0 amide bonds. The SMILES string of the molecule is CNC(C)c1ccnc(Sc2ccc(C)c(C)c2)c1. The molecule has 0 saturated heterocycles. The first-order valence-corrected chi connectivity index (χ1v) is 7.30. The van der Waals surface area contributed by atoms with Crippen LogP contribution in [0.15, 0.2) is 46.5 Å². The first kappa shape index (κ1) is 14.1. The molecular formula is C16H20N2S. The second-order valence-electron chi connectivity index (χ2n) is 4.79. The first-order chi connectivity index (χ1) is 9.10. The van der Waals surface area contributed by atoms with Gasteiger partial charge in [0.25, 0.3) is 0 Å². The van der Waals surface area contributed by atoms with Crippen molar-refractivity contribution in [1.82, 2.24) is 10.3 Å². The lowest BCUT2D eigenvalue weighted by Gasteiger charge is -2.11. The number of aromatic nitrogens is 1. The minimum absolute atomic E-state index is 0.349. The standard InChI is InChI=1S/C16H20N2S/c1-11-5-6-15(9-12(11)2)19-16-10-14(7-8-18-16)13(3)17-4/h5-10,13,17H,1-4H3. The van der Waals surface area contributed by atoms with Crippen molar-refractivity contribution in [3.8, 4) is 0 Å². The van der Waals surface area contributed by atoms with Crippen LogP contribution in [0.25, 0.3) is 0 Å². The third-order valence-corrected chi connectivity index (χ3v) is 4.31. The van der Waals surface area contributed by atoms with Gasteiger partial charge < -0.3 is 5.32 Å². The van der Waals surface area contributed by atoms with Crippen LogP contribution in [0, 0.1) is 13.8 Å². The molecule has 1 aromatic heterocycles. The van der Waals surface area contributed by atoms with Crippen LogP contribution in [0.1, 0.15) is 29.7 Å². The highest BCUT2D eigenvalue weighted by Crippen LogP contribution is 2.28. The summed E-state index contributed by atoms with van der Waals surface area (Å²) in [6.07, 6.45) is 1.88. The average molecular weight is 272 g/mol. The van der Waals surface area contributed by atoms with Crippen molar-refractivity contribution in [3.63, 3.8) is 0 Å². The lowest BCUT2D eigenvalue weighted by molar-refractivity contribution is 0.649. The smallest absolute Gasteiger partial charge is 0.101 e. The van der Waals surface area contributed by atoms with Crippen molar-refractivity contribution in [3.05, 3.63) is 53.2 Å². The number of hydrogen-bond acceptors (Lipinski definition) is 3. The Kier molecular flexibility index (Phi) is 4.61. The second-order valence-corrected chi connectivity index (χ2v) is 5.88. The molecule has 0 fully saturated rings. The summed E-state index contributed by atoms with van der Waals surface area (Å²) in [6.45, 7) is 6.43. The third kappa shape index (κ3) is 3.58. The molecule has 0 aliphatic heterocycles. The molecule has 0 spiro atoms. The van der Waals surface area contributed by atoms with Gasteiger partial charge in [-0.3, -0.25) is 0 Å². The maximum Gasteiger partial charge on any atom is 0.101 e. The average Bonchev–Trinajstić information content (AvgIpc) is 2.42.